The van der Waals surface area contributed by atoms with Crippen LogP contribution in [0.25, 0.3) is 0 Å². The Labute approximate surface area is 165 Å². The lowest BCUT2D eigenvalue weighted by atomic mass is 9.92. The van der Waals surface area contributed by atoms with Crippen LogP contribution in [0.3, 0.4) is 0 Å². The van der Waals surface area contributed by atoms with Crippen LogP contribution >= 0.6 is 24.0 Å². The van der Waals surface area contributed by atoms with E-state index in [2.05, 4.69) is 42.9 Å². The van der Waals surface area contributed by atoms with Gasteiger partial charge in [-0.05, 0) is 31.6 Å². The number of rotatable bonds is 6. The molecule has 0 bridgehead atoms. The summed E-state index contributed by atoms with van der Waals surface area (Å²) >= 11 is 0. The molecule has 1 N–H and O–H groups in total. The third-order valence-corrected chi connectivity index (χ3v) is 4.87. The highest BCUT2D eigenvalue weighted by atomic mass is 127. The van der Waals surface area contributed by atoms with Crippen molar-refractivity contribution in [1.82, 2.24) is 15.1 Å². The molecule has 0 aromatic carbocycles. The second-order valence-corrected chi connectivity index (χ2v) is 7.55. The Morgan fingerprint density at radius 1 is 1.29 bits per heavy atom. The standard InChI is InChI=1S/C18H36N4O.HI/c1-5-19-18(21(4)13-17-6-9-23-14-17)20-7-8-22-11-15(2)10-16(3)12-22;/h15-17H,5-14H2,1-4H3,(H,19,20);1H. The van der Waals surface area contributed by atoms with E-state index in [4.69, 9.17) is 9.73 Å². The fourth-order valence-corrected chi connectivity index (χ4v) is 3.94. The second-order valence-electron chi connectivity index (χ2n) is 7.55. The zero-order chi connectivity index (χ0) is 16.7. The van der Waals surface area contributed by atoms with E-state index in [0.29, 0.717) is 5.92 Å². The van der Waals surface area contributed by atoms with E-state index in [1.165, 1.54) is 25.9 Å². The van der Waals surface area contributed by atoms with Gasteiger partial charge in [-0.15, -0.1) is 24.0 Å². The SMILES string of the molecule is CCNC(=NCCN1CC(C)CC(C)C1)N(C)CC1CCOC1.I. The summed E-state index contributed by atoms with van der Waals surface area (Å²) in [5.41, 5.74) is 0. The molecule has 0 radical (unpaired) electrons. The molecule has 0 aliphatic carbocycles. The number of hydrogen-bond acceptors (Lipinski definition) is 3. The first-order valence-electron chi connectivity index (χ1n) is 9.38. The minimum atomic E-state index is 0. The van der Waals surface area contributed by atoms with Crippen molar-refractivity contribution < 1.29 is 4.74 Å². The van der Waals surface area contributed by atoms with Gasteiger partial charge >= 0.3 is 0 Å². The van der Waals surface area contributed by atoms with Crippen molar-refractivity contribution in [3.05, 3.63) is 0 Å². The van der Waals surface area contributed by atoms with E-state index >= 15 is 0 Å². The number of halogens is 1. The number of hydrogen-bond donors (Lipinski definition) is 1. The third-order valence-electron chi connectivity index (χ3n) is 4.87. The van der Waals surface area contributed by atoms with Gasteiger partial charge in [0.1, 0.15) is 0 Å². The highest BCUT2D eigenvalue weighted by Gasteiger charge is 2.21. The van der Waals surface area contributed by atoms with Crippen molar-refractivity contribution in [1.29, 1.82) is 0 Å². The summed E-state index contributed by atoms with van der Waals surface area (Å²) in [6, 6.07) is 0. The summed E-state index contributed by atoms with van der Waals surface area (Å²) < 4.78 is 5.48. The molecule has 142 valence electrons. The highest BCUT2D eigenvalue weighted by Crippen LogP contribution is 2.20. The molecule has 24 heavy (non-hydrogen) atoms. The Morgan fingerprint density at radius 2 is 2.00 bits per heavy atom. The summed E-state index contributed by atoms with van der Waals surface area (Å²) in [6.07, 6.45) is 2.54. The van der Waals surface area contributed by atoms with Crippen molar-refractivity contribution >= 4 is 29.9 Å². The van der Waals surface area contributed by atoms with Gasteiger partial charge in [0, 0.05) is 52.3 Å². The van der Waals surface area contributed by atoms with Gasteiger partial charge in [-0.2, -0.15) is 0 Å². The van der Waals surface area contributed by atoms with Crippen LogP contribution in [0.2, 0.25) is 0 Å². The molecule has 2 fully saturated rings. The summed E-state index contributed by atoms with van der Waals surface area (Å²) in [4.78, 5) is 9.70. The summed E-state index contributed by atoms with van der Waals surface area (Å²) in [7, 11) is 2.14. The lowest BCUT2D eigenvalue weighted by molar-refractivity contribution is 0.145. The lowest BCUT2D eigenvalue weighted by Gasteiger charge is -2.34. The molecular formula is C18H37IN4O. The summed E-state index contributed by atoms with van der Waals surface area (Å²) in [5.74, 6) is 3.33. The molecule has 2 saturated heterocycles. The Morgan fingerprint density at radius 3 is 2.58 bits per heavy atom. The molecule has 6 heteroatoms. The average Bonchev–Trinajstić information content (AvgIpc) is 2.98. The zero-order valence-electron chi connectivity index (χ0n) is 16.0. The maximum atomic E-state index is 5.48. The van der Waals surface area contributed by atoms with Gasteiger partial charge in [0.2, 0.25) is 0 Å². The molecule has 3 unspecified atom stereocenters. The summed E-state index contributed by atoms with van der Waals surface area (Å²) in [5, 5.41) is 3.43. The van der Waals surface area contributed by atoms with Crippen LogP contribution in [0.5, 0.6) is 0 Å². The van der Waals surface area contributed by atoms with Crippen LogP contribution in [-0.2, 0) is 4.74 Å². The van der Waals surface area contributed by atoms with E-state index < -0.39 is 0 Å². The molecular weight excluding hydrogens is 415 g/mol. The molecule has 0 spiro atoms. The van der Waals surface area contributed by atoms with E-state index in [0.717, 1.165) is 57.2 Å². The average molecular weight is 452 g/mol. The topological polar surface area (TPSA) is 40.1 Å². The van der Waals surface area contributed by atoms with Crippen LogP contribution in [0.4, 0.5) is 0 Å². The first kappa shape index (κ1) is 22.0. The van der Waals surface area contributed by atoms with Crippen molar-refractivity contribution in [2.24, 2.45) is 22.7 Å². The van der Waals surface area contributed by atoms with Gasteiger partial charge in [0.15, 0.2) is 5.96 Å². The number of likely N-dealkylation sites (tertiary alicyclic amines) is 1. The van der Waals surface area contributed by atoms with Crippen molar-refractivity contribution in [2.45, 2.75) is 33.6 Å². The molecule has 0 aromatic heterocycles. The molecule has 2 heterocycles. The lowest BCUT2D eigenvalue weighted by Crippen LogP contribution is -2.43. The van der Waals surface area contributed by atoms with Crippen molar-refractivity contribution in [3.63, 3.8) is 0 Å². The van der Waals surface area contributed by atoms with Crippen LogP contribution < -0.4 is 5.32 Å². The minimum absolute atomic E-state index is 0. The Kier molecular flexibility index (Phi) is 10.5. The van der Waals surface area contributed by atoms with Gasteiger partial charge in [0.25, 0.3) is 0 Å². The second kappa shape index (κ2) is 11.5. The minimum Gasteiger partial charge on any atom is -0.381 e. The van der Waals surface area contributed by atoms with E-state index in [1.807, 2.05) is 0 Å². The molecule has 3 atom stereocenters. The Hall–Kier alpha value is -0.0800. The predicted octanol–water partition coefficient (Wildman–Crippen LogP) is 2.52. The van der Waals surface area contributed by atoms with Gasteiger partial charge in [-0.3, -0.25) is 4.99 Å². The van der Waals surface area contributed by atoms with Gasteiger partial charge in [-0.25, -0.2) is 0 Å². The van der Waals surface area contributed by atoms with Gasteiger partial charge in [-0.1, -0.05) is 13.8 Å². The third kappa shape index (κ3) is 7.44. The van der Waals surface area contributed by atoms with Crippen molar-refractivity contribution in [2.75, 3.05) is 59.5 Å². The monoisotopic (exact) mass is 452 g/mol. The van der Waals surface area contributed by atoms with Crippen molar-refractivity contribution in [3.8, 4) is 0 Å². The number of nitrogens with one attached hydrogen (secondary N) is 1. The molecule has 5 nitrogen and oxygen atoms in total. The normalized spacial score (nSPS) is 28.5. The number of nitrogens with zero attached hydrogens (tertiary/aromatic N) is 3. The molecule has 2 rings (SSSR count). The summed E-state index contributed by atoms with van der Waals surface area (Å²) in [6.45, 7) is 15.0. The largest absolute Gasteiger partial charge is 0.381 e. The predicted molar refractivity (Wildman–Crippen MR) is 112 cm³/mol. The molecule has 2 aliphatic rings. The maximum absolute atomic E-state index is 5.48. The molecule has 2 aliphatic heterocycles. The zero-order valence-corrected chi connectivity index (χ0v) is 18.3. The molecule has 0 amide bonds. The highest BCUT2D eigenvalue weighted by molar-refractivity contribution is 14.0. The smallest absolute Gasteiger partial charge is 0.193 e. The first-order chi connectivity index (χ1) is 11.1. The van der Waals surface area contributed by atoms with Gasteiger partial charge < -0.3 is 19.9 Å². The molecule has 0 aromatic rings. The fourth-order valence-electron chi connectivity index (χ4n) is 3.94. The quantitative estimate of drug-likeness (QED) is 0.382. The number of guanidine groups is 1. The van der Waals surface area contributed by atoms with E-state index in [-0.39, 0.29) is 24.0 Å². The number of piperidine rings is 1. The van der Waals surface area contributed by atoms with Crippen LogP contribution in [-0.4, -0.2) is 75.3 Å². The van der Waals surface area contributed by atoms with E-state index in [9.17, 15) is 0 Å². The number of ether oxygens (including phenoxy) is 1. The van der Waals surface area contributed by atoms with Crippen LogP contribution in [0.1, 0.15) is 33.6 Å². The fraction of sp³-hybridized carbons (Fsp3) is 0.944. The first-order valence-corrected chi connectivity index (χ1v) is 9.38. The van der Waals surface area contributed by atoms with Crippen LogP contribution in [0.15, 0.2) is 4.99 Å². The molecule has 0 saturated carbocycles. The van der Waals surface area contributed by atoms with Crippen LogP contribution in [0, 0.1) is 17.8 Å². The Bertz CT molecular complexity index is 364. The maximum Gasteiger partial charge on any atom is 0.193 e. The Balaban J connectivity index is 0.00000288. The van der Waals surface area contributed by atoms with Gasteiger partial charge in [0.05, 0.1) is 13.2 Å². The van der Waals surface area contributed by atoms with E-state index in [1.54, 1.807) is 0 Å². The number of aliphatic imine (C=N–C) groups is 1.